The highest BCUT2D eigenvalue weighted by Crippen LogP contribution is 2.58. The van der Waals surface area contributed by atoms with E-state index in [1.165, 1.54) is 194 Å². The van der Waals surface area contributed by atoms with Gasteiger partial charge in [-0.05, 0) is 270 Å². The normalized spacial score (nSPS) is 23.7. The van der Waals surface area contributed by atoms with E-state index in [4.69, 9.17) is 0 Å². The summed E-state index contributed by atoms with van der Waals surface area (Å²) in [4.78, 5) is 8.98. The molecule has 10 aromatic carbocycles. The molecule has 10 aromatic rings. The fraction of sp³-hybridized carbons (Fsp3) is 0.310. The Hall–Kier alpha value is -11.2. The summed E-state index contributed by atoms with van der Waals surface area (Å²) in [5.74, 6) is -0.231. The Morgan fingerprint density at radius 2 is 0.731 bits per heavy atom. The maximum absolute atomic E-state index is 2.70. The van der Waals surface area contributed by atoms with Gasteiger partial charge >= 0.3 is 0 Å². The number of fused-ring (bicyclic) bond motifs is 14. The van der Waals surface area contributed by atoms with E-state index < -0.39 is 0 Å². The number of benzene rings is 10. The van der Waals surface area contributed by atoms with Gasteiger partial charge in [0.1, 0.15) is 25.8 Å². The molecule has 6 nitrogen and oxygen atoms in total. The number of quaternary nitrogens is 1. The minimum Gasteiger partial charge on any atom is -0.347 e. The first kappa shape index (κ1) is 77.7. The zero-order chi connectivity index (χ0) is 82.7. The van der Waals surface area contributed by atoms with Crippen LogP contribution in [0, 0.1) is 5.92 Å². The molecule has 6 aliphatic heterocycles. The summed E-state index contributed by atoms with van der Waals surface area (Å²) in [5.41, 5.74) is 34.2. The van der Waals surface area contributed by atoms with Crippen LogP contribution in [0.2, 0.25) is 0 Å². The summed E-state index contributed by atoms with van der Waals surface area (Å²) < 4.78 is 5.01. The lowest BCUT2D eigenvalue weighted by Gasteiger charge is -2.39. The van der Waals surface area contributed by atoms with Crippen molar-refractivity contribution in [2.75, 3.05) is 57.0 Å². The Labute approximate surface area is 708 Å². The van der Waals surface area contributed by atoms with Crippen LogP contribution < -0.4 is 19.6 Å². The van der Waals surface area contributed by atoms with Crippen LogP contribution in [-0.4, -0.2) is 68.9 Å². The molecule has 0 fully saturated rings. The minimum atomic E-state index is -0.304. The van der Waals surface area contributed by atoms with E-state index in [9.17, 15) is 0 Å². The molecule has 1 N–H and O–H groups in total. The highest BCUT2D eigenvalue weighted by Gasteiger charge is 2.51. The van der Waals surface area contributed by atoms with Crippen molar-refractivity contribution >= 4 is 88.6 Å². The number of para-hydroxylation sites is 2. The standard InChI is InChI=1S/C113H118N6/c1-108(2)86-48-27-29-50-88(86)114(13)94(108)66-56-76-38-31-40-78(58-68-96-110(5,6)104-82-44-23-19-34-72(82)52-62-90(104)116(96)15)100(76)103(101-77(57-67-95-109(3,4)87-49-28-30-51-89(87)115(95)14)39-32-41-79(101)59-69-97-111(7,8)105-83-45-24-20-35-73(83)53-63-91(105)117(97)16)102-80(60-70-98-112(9,10)106-84-46-25-21-36-74(84)54-64-92(106)118(98)17)42-33-43-81(102)61-71-99-113(11,12)107-85-47-26-22-37-75(85)55-65-93(107)119(99)18/h19-30,34-37,44-71,98,103H,31-33,38-43H2,1-18H3/q+2/p+1. The van der Waals surface area contributed by atoms with E-state index in [1.807, 2.05) is 0 Å². The van der Waals surface area contributed by atoms with Gasteiger partial charge < -0.3 is 14.7 Å². The number of anilines is 3. The number of likely N-dealkylation sites (N-methyl/N-ethyl adjacent to an activating group) is 4. The van der Waals surface area contributed by atoms with Gasteiger partial charge in [-0.25, -0.2) is 0 Å². The van der Waals surface area contributed by atoms with E-state index in [0.29, 0.717) is 0 Å². The van der Waals surface area contributed by atoms with Gasteiger partial charge in [0.25, 0.3) is 0 Å². The van der Waals surface area contributed by atoms with Crippen LogP contribution in [0.15, 0.2) is 334 Å². The molecular weight excluding hydrogens is 1440 g/mol. The van der Waals surface area contributed by atoms with Crippen molar-refractivity contribution < 1.29 is 14.1 Å². The molecular formula is C113H119N6+3. The molecule has 0 saturated heterocycles. The second kappa shape index (κ2) is 28.8. The average Bonchev–Trinajstić information content (AvgIpc) is 1.44. The van der Waals surface area contributed by atoms with Crippen LogP contribution in [0.4, 0.5) is 34.1 Å². The van der Waals surface area contributed by atoms with E-state index >= 15 is 0 Å². The van der Waals surface area contributed by atoms with Gasteiger partial charge in [-0.1, -0.05) is 224 Å². The third-order valence-electron chi connectivity index (χ3n) is 30.1. The lowest BCUT2D eigenvalue weighted by atomic mass is 9.64. The van der Waals surface area contributed by atoms with Gasteiger partial charge in [-0.3, -0.25) is 4.90 Å². The monoisotopic (exact) mass is 1560 g/mol. The second-order valence-corrected chi connectivity index (χ2v) is 38.9. The fourth-order valence-corrected chi connectivity index (χ4v) is 24.3. The molecule has 0 spiro atoms. The Morgan fingerprint density at radius 1 is 0.345 bits per heavy atom. The zero-order valence-corrected chi connectivity index (χ0v) is 73.7. The van der Waals surface area contributed by atoms with Crippen LogP contribution >= 0.6 is 0 Å². The first-order valence-corrected chi connectivity index (χ1v) is 44.2. The highest BCUT2D eigenvalue weighted by atomic mass is 15.2. The Morgan fingerprint density at radius 3 is 1.22 bits per heavy atom. The van der Waals surface area contributed by atoms with Crippen LogP contribution in [0.3, 0.4) is 0 Å². The molecule has 598 valence electrons. The van der Waals surface area contributed by atoms with Crippen LogP contribution in [0.25, 0.3) is 43.1 Å². The molecule has 0 amide bonds. The summed E-state index contributed by atoms with van der Waals surface area (Å²) in [6.07, 6.45) is 40.2. The molecule has 6 heterocycles. The molecule has 9 aliphatic rings. The van der Waals surface area contributed by atoms with Gasteiger partial charge in [-0.15, -0.1) is 0 Å². The molecule has 3 atom stereocenters. The predicted molar refractivity (Wildman–Crippen MR) is 506 cm³/mol. The Bertz CT molecular complexity index is 6480. The largest absolute Gasteiger partial charge is 0.347 e. The summed E-state index contributed by atoms with van der Waals surface area (Å²) in [6.45, 7) is 29.7. The van der Waals surface area contributed by atoms with E-state index in [2.05, 4.69) is 416 Å². The smallest absolute Gasteiger partial charge is 0.210 e. The van der Waals surface area contributed by atoms with Crippen molar-refractivity contribution in [3.63, 3.8) is 0 Å². The molecule has 3 unspecified atom stereocenters. The molecule has 119 heavy (non-hydrogen) atoms. The number of nitrogens with one attached hydrogen (secondary N) is 1. The molecule has 0 saturated carbocycles. The van der Waals surface area contributed by atoms with Crippen LogP contribution in [0.1, 0.15) is 174 Å². The number of hydrogen-bond donors (Lipinski definition) is 1. The number of allylic oxidation sites excluding steroid dienone is 23. The lowest BCUT2D eigenvalue weighted by Crippen LogP contribution is -3.07. The Balaban J connectivity index is 0.928. The maximum Gasteiger partial charge on any atom is 0.210 e. The average molecular weight is 1560 g/mol. The summed E-state index contributed by atoms with van der Waals surface area (Å²) >= 11 is 0. The second-order valence-electron chi connectivity index (χ2n) is 38.9. The number of rotatable bonds is 12. The maximum atomic E-state index is 2.70. The third-order valence-corrected chi connectivity index (χ3v) is 30.1. The molecule has 6 heteroatoms. The fourth-order valence-electron chi connectivity index (χ4n) is 24.3. The molecule has 0 radical (unpaired) electrons. The molecule has 19 rings (SSSR count). The highest BCUT2D eigenvalue weighted by molar-refractivity contribution is 6.08. The van der Waals surface area contributed by atoms with Crippen LogP contribution in [-0.2, 0) is 32.5 Å². The van der Waals surface area contributed by atoms with E-state index in [1.54, 1.807) is 0 Å². The van der Waals surface area contributed by atoms with Gasteiger partial charge in [0.15, 0.2) is 11.4 Å². The van der Waals surface area contributed by atoms with Gasteiger partial charge in [-0.2, -0.15) is 9.15 Å². The molecule has 0 bridgehead atoms. The number of hydrogen-bond acceptors (Lipinski definition) is 3. The van der Waals surface area contributed by atoms with Crippen molar-refractivity contribution in [2.45, 2.75) is 179 Å². The zero-order valence-electron chi connectivity index (χ0n) is 73.7. The van der Waals surface area contributed by atoms with Crippen molar-refractivity contribution in [1.29, 1.82) is 0 Å². The molecule has 3 aliphatic carbocycles. The topological polar surface area (TPSA) is 20.2 Å². The first-order valence-electron chi connectivity index (χ1n) is 44.2. The van der Waals surface area contributed by atoms with Crippen molar-refractivity contribution in [1.82, 2.24) is 0 Å². The van der Waals surface area contributed by atoms with Gasteiger partial charge in [0.2, 0.25) is 11.4 Å². The van der Waals surface area contributed by atoms with E-state index in [0.717, 1.165) is 57.8 Å². The predicted octanol–water partition coefficient (Wildman–Crippen LogP) is 26.0. The lowest BCUT2D eigenvalue weighted by molar-refractivity contribution is -0.828. The minimum absolute atomic E-state index is 0.152. The summed E-state index contributed by atoms with van der Waals surface area (Å²) in [7, 11) is 14.0. The van der Waals surface area contributed by atoms with Gasteiger partial charge in [0, 0.05) is 118 Å². The van der Waals surface area contributed by atoms with E-state index in [-0.39, 0.29) is 44.4 Å². The third kappa shape index (κ3) is 12.1. The van der Waals surface area contributed by atoms with Crippen LogP contribution in [0.5, 0.6) is 0 Å². The first-order chi connectivity index (χ1) is 57.1. The van der Waals surface area contributed by atoms with Gasteiger partial charge in [0.05, 0.1) is 23.3 Å². The van der Waals surface area contributed by atoms with Crippen molar-refractivity contribution in [3.8, 4) is 0 Å². The SMILES string of the molecule is CN1C(=CC=C2CCCC(C=CC3=[N+](C)c4ccc5ccccc5c4C3(C)C)=C2C(C2=C(C=CC3=[N+](C)c4ccccc4C3(C)C)CCCC2=CC=C2N(C)c3ccc4ccccc4c3C2(C)C)C2=C(C=CC3[NH+](C)c4ccc5ccccc5c4C3(C)C)CCCC2=CC=C2N(C)c3ccc4ccccc4c3C2(C)C)C(C)(C)c2ccccc21. The Kier molecular flexibility index (Phi) is 18.8. The number of nitrogens with zero attached hydrogens (tertiary/aromatic N) is 5. The molecule has 0 aromatic heterocycles. The quantitative estimate of drug-likeness (QED) is 0.123. The summed E-state index contributed by atoms with van der Waals surface area (Å²) in [6, 6.07) is 73.6. The summed E-state index contributed by atoms with van der Waals surface area (Å²) in [5, 5.41) is 10.5. The van der Waals surface area contributed by atoms with Crippen molar-refractivity contribution in [3.05, 3.63) is 368 Å². The van der Waals surface area contributed by atoms with Crippen molar-refractivity contribution in [2.24, 2.45) is 5.92 Å².